The summed E-state index contributed by atoms with van der Waals surface area (Å²) in [5.74, 6) is 0.647. The number of nitrogens with one attached hydrogen (secondary N) is 1. The van der Waals surface area contributed by atoms with E-state index in [1.807, 2.05) is 39.0 Å². The zero-order valence-electron chi connectivity index (χ0n) is 17.6. The van der Waals surface area contributed by atoms with Crippen LogP contribution in [-0.4, -0.2) is 37.5 Å². The van der Waals surface area contributed by atoms with Gasteiger partial charge >= 0.3 is 0 Å². The molecule has 1 aromatic carbocycles. The highest BCUT2D eigenvalue weighted by atomic mass is 32.2. The molecular formula is C22H27N5O2S. The molecular weight excluding hydrogens is 398 g/mol. The summed E-state index contributed by atoms with van der Waals surface area (Å²) in [7, 11) is 0. The first-order valence-electron chi connectivity index (χ1n) is 10.3. The van der Waals surface area contributed by atoms with Crippen LogP contribution in [0, 0.1) is 0 Å². The SMILES string of the molecule is CC(C)(C)n1ncc2c(=O)n3c(nc21)SCC3CC(=O)NCCCc1ccccc1. The van der Waals surface area contributed by atoms with E-state index >= 15 is 0 Å². The Hall–Kier alpha value is -2.61. The van der Waals surface area contributed by atoms with Crippen molar-refractivity contribution >= 4 is 28.7 Å². The minimum absolute atomic E-state index is 0.0288. The van der Waals surface area contributed by atoms with Gasteiger partial charge in [0.05, 0.1) is 17.8 Å². The van der Waals surface area contributed by atoms with Gasteiger partial charge in [-0.15, -0.1) is 0 Å². The van der Waals surface area contributed by atoms with Crippen LogP contribution in [0.25, 0.3) is 11.0 Å². The summed E-state index contributed by atoms with van der Waals surface area (Å²) in [4.78, 5) is 30.3. The molecule has 1 amide bonds. The van der Waals surface area contributed by atoms with Gasteiger partial charge in [-0.25, -0.2) is 9.67 Å². The maximum Gasteiger partial charge on any atom is 0.265 e. The molecule has 1 unspecified atom stereocenters. The highest BCUT2D eigenvalue weighted by Crippen LogP contribution is 2.33. The van der Waals surface area contributed by atoms with Gasteiger partial charge in [-0.1, -0.05) is 42.1 Å². The minimum Gasteiger partial charge on any atom is -0.356 e. The number of fused-ring (bicyclic) bond motifs is 2. The molecule has 8 heteroatoms. The fourth-order valence-electron chi connectivity index (χ4n) is 3.72. The molecule has 0 bridgehead atoms. The van der Waals surface area contributed by atoms with E-state index < -0.39 is 0 Å². The molecule has 0 fully saturated rings. The number of nitrogens with zero attached hydrogens (tertiary/aromatic N) is 4. The van der Waals surface area contributed by atoms with Crippen molar-refractivity contribution in [3.63, 3.8) is 0 Å². The summed E-state index contributed by atoms with van der Waals surface area (Å²) in [6.45, 7) is 6.73. The molecule has 1 atom stereocenters. The topological polar surface area (TPSA) is 81.8 Å². The number of amides is 1. The third kappa shape index (κ3) is 4.14. The van der Waals surface area contributed by atoms with Crippen molar-refractivity contribution in [1.82, 2.24) is 24.6 Å². The molecule has 0 spiro atoms. The summed E-state index contributed by atoms with van der Waals surface area (Å²) in [6.07, 6.45) is 3.70. The number of aryl methyl sites for hydroxylation is 1. The van der Waals surface area contributed by atoms with Crippen molar-refractivity contribution in [1.29, 1.82) is 0 Å². The summed E-state index contributed by atoms with van der Waals surface area (Å²) < 4.78 is 3.46. The van der Waals surface area contributed by atoms with Gasteiger partial charge in [-0.2, -0.15) is 5.10 Å². The van der Waals surface area contributed by atoms with Crippen molar-refractivity contribution in [3.8, 4) is 0 Å². The summed E-state index contributed by atoms with van der Waals surface area (Å²) >= 11 is 1.53. The lowest BCUT2D eigenvalue weighted by molar-refractivity contribution is -0.121. The molecule has 30 heavy (non-hydrogen) atoms. The Morgan fingerprint density at radius 3 is 2.77 bits per heavy atom. The second-order valence-electron chi connectivity index (χ2n) is 8.64. The maximum atomic E-state index is 13.1. The number of carbonyl (C=O) groups excluding carboxylic acids is 1. The summed E-state index contributed by atoms with van der Waals surface area (Å²) in [5, 5.41) is 8.54. The predicted octanol–water partition coefficient (Wildman–Crippen LogP) is 3.13. The molecule has 7 nitrogen and oxygen atoms in total. The number of rotatable bonds is 6. The number of aromatic nitrogens is 4. The molecule has 4 rings (SSSR count). The van der Waals surface area contributed by atoms with Crippen LogP contribution >= 0.6 is 11.8 Å². The highest BCUT2D eigenvalue weighted by molar-refractivity contribution is 7.99. The van der Waals surface area contributed by atoms with Crippen LogP contribution < -0.4 is 10.9 Å². The Morgan fingerprint density at radius 1 is 1.27 bits per heavy atom. The monoisotopic (exact) mass is 425 g/mol. The molecule has 0 radical (unpaired) electrons. The van der Waals surface area contributed by atoms with E-state index in [4.69, 9.17) is 4.98 Å². The van der Waals surface area contributed by atoms with E-state index in [1.165, 1.54) is 17.3 Å². The Bertz CT molecular complexity index is 1110. The molecule has 1 N–H and O–H groups in total. The standard InChI is InChI=1S/C22H27N5O2S/c1-22(2,3)27-19-17(13-24-27)20(29)26-16(14-30-21(26)25-19)12-18(28)23-11-7-10-15-8-5-4-6-9-15/h4-6,8-9,13,16H,7,10-12,14H2,1-3H3,(H,23,28). The molecule has 158 valence electrons. The van der Waals surface area contributed by atoms with Crippen molar-refractivity contribution in [2.24, 2.45) is 0 Å². The molecule has 2 aromatic heterocycles. The van der Waals surface area contributed by atoms with Crippen molar-refractivity contribution in [2.75, 3.05) is 12.3 Å². The molecule has 3 aromatic rings. The van der Waals surface area contributed by atoms with Crippen molar-refractivity contribution < 1.29 is 4.79 Å². The lowest BCUT2D eigenvalue weighted by atomic mass is 10.1. The van der Waals surface area contributed by atoms with E-state index in [0.29, 0.717) is 28.5 Å². The zero-order chi connectivity index (χ0) is 21.3. The first kappa shape index (κ1) is 20.7. The molecule has 0 saturated carbocycles. The molecule has 0 aliphatic carbocycles. The smallest absolute Gasteiger partial charge is 0.265 e. The summed E-state index contributed by atoms with van der Waals surface area (Å²) in [5.41, 5.74) is 1.50. The first-order valence-corrected chi connectivity index (χ1v) is 11.3. The van der Waals surface area contributed by atoms with Gasteiger partial charge in [0.2, 0.25) is 5.91 Å². The van der Waals surface area contributed by atoms with Gasteiger partial charge in [0.25, 0.3) is 5.56 Å². The lowest BCUT2D eigenvalue weighted by Crippen LogP contribution is -2.31. The third-order valence-electron chi connectivity index (χ3n) is 5.23. The minimum atomic E-state index is -0.262. The summed E-state index contributed by atoms with van der Waals surface area (Å²) in [6, 6.07) is 10.1. The van der Waals surface area contributed by atoms with Gasteiger partial charge in [0.1, 0.15) is 5.39 Å². The largest absolute Gasteiger partial charge is 0.356 e. The average molecular weight is 426 g/mol. The Labute approximate surface area is 179 Å². The first-order chi connectivity index (χ1) is 14.3. The highest BCUT2D eigenvalue weighted by Gasteiger charge is 2.30. The number of carbonyl (C=O) groups is 1. The fraction of sp³-hybridized carbons (Fsp3) is 0.455. The lowest BCUT2D eigenvalue weighted by Gasteiger charge is -2.20. The van der Waals surface area contributed by atoms with Gasteiger partial charge in [0, 0.05) is 18.7 Å². The molecule has 1 aliphatic heterocycles. The van der Waals surface area contributed by atoms with Crippen LogP contribution in [0.5, 0.6) is 0 Å². The molecule has 3 heterocycles. The second-order valence-corrected chi connectivity index (χ2v) is 9.63. The predicted molar refractivity (Wildman–Crippen MR) is 119 cm³/mol. The Kier molecular flexibility index (Phi) is 5.69. The van der Waals surface area contributed by atoms with Gasteiger partial charge in [-0.05, 0) is 39.2 Å². The van der Waals surface area contributed by atoms with Gasteiger partial charge in [-0.3, -0.25) is 14.2 Å². The zero-order valence-corrected chi connectivity index (χ0v) is 18.4. The van der Waals surface area contributed by atoms with E-state index in [1.54, 1.807) is 15.4 Å². The van der Waals surface area contributed by atoms with Crippen LogP contribution in [0.15, 0.2) is 46.5 Å². The number of hydrogen-bond acceptors (Lipinski definition) is 5. The quantitative estimate of drug-likeness (QED) is 0.485. The van der Waals surface area contributed by atoms with Crippen LogP contribution in [0.3, 0.4) is 0 Å². The normalized spacial score (nSPS) is 16.0. The number of thioether (sulfide) groups is 1. The fourth-order valence-corrected chi connectivity index (χ4v) is 4.85. The van der Waals surface area contributed by atoms with E-state index in [2.05, 4.69) is 22.5 Å². The number of benzene rings is 1. The maximum absolute atomic E-state index is 13.1. The van der Waals surface area contributed by atoms with Crippen LogP contribution in [0.2, 0.25) is 0 Å². The molecule has 1 aliphatic rings. The number of hydrogen-bond donors (Lipinski definition) is 1. The van der Waals surface area contributed by atoms with E-state index in [0.717, 1.165) is 12.8 Å². The van der Waals surface area contributed by atoms with Gasteiger partial charge < -0.3 is 5.32 Å². The molecule has 0 saturated heterocycles. The third-order valence-corrected chi connectivity index (χ3v) is 6.33. The van der Waals surface area contributed by atoms with Crippen molar-refractivity contribution in [2.45, 2.75) is 56.8 Å². The van der Waals surface area contributed by atoms with Crippen LogP contribution in [-0.2, 0) is 16.8 Å². The van der Waals surface area contributed by atoms with E-state index in [9.17, 15) is 9.59 Å². The van der Waals surface area contributed by atoms with Crippen LogP contribution in [0.4, 0.5) is 0 Å². The van der Waals surface area contributed by atoms with Gasteiger partial charge in [0.15, 0.2) is 10.8 Å². The second kappa shape index (κ2) is 8.26. The Balaban J connectivity index is 1.42. The van der Waals surface area contributed by atoms with Crippen LogP contribution in [0.1, 0.15) is 45.2 Å². The van der Waals surface area contributed by atoms with Crippen molar-refractivity contribution in [3.05, 3.63) is 52.4 Å². The van der Waals surface area contributed by atoms with E-state index in [-0.39, 0.29) is 29.5 Å². The Morgan fingerprint density at radius 2 is 2.03 bits per heavy atom. The average Bonchev–Trinajstić information content (AvgIpc) is 3.31.